The third kappa shape index (κ3) is 8.30. The third-order valence-electron chi connectivity index (χ3n) is 9.40. The van der Waals surface area contributed by atoms with E-state index in [0.717, 1.165) is 18.1 Å². The van der Waals surface area contributed by atoms with Crippen molar-refractivity contribution in [2.24, 2.45) is 4.99 Å². The zero-order valence-electron chi connectivity index (χ0n) is 27.9. The van der Waals surface area contributed by atoms with E-state index in [1.54, 1.807) is 54.3 Å². The van der Waals surface area contributed by atoms with Crippen LogP contribution in [0.2, 0.25) is 0 Å². The number of piperidine rings is 2. The van der Waals surface area contributed by atoms with Crippen LogP contribution in [0.5, 0.6) is 5.75 Å². The van der Waals surface area contributed by atoms with E-state index in [1.807, 2.05) is 13.8 Å². The van der Waals surface area contributed by atoms with Crippen molar-refractivity contribution in [1.29, 1.82) is 0 Å². The van der Waals surface area contributed by atoms with Gasteiger partial charge < -0.3 is 20.1 Å². The molecule has 2 N–H and O–H groups in total. The summed E-state index contributed by atoms with van der Waals surface area (Å²) in [6, 6.07) is 10.4. The number of nitrogens with one attached hydrogen (secondary N) is 1. The fourth-order valence-electron chi connectivity index (χ4n) is 6.38. The van der Waals surface area contributed by atoms with Crippen LogP contribution < -0.4 is 10.1 Å². The number of amides is 2. The van der Waals surface area contributed by atoms with Gasteiger partial charge in [-0.25, -0.2) is 17.2 Å². The van der Waals surface area contributed by atoms with E-state index in [1.165, 1.54) is 9.71 Å². The first-order valence-electron chi connectivity index (χ1n) is 16.3. The summed E-state index contributed by atoms with van der Waals surface area (Å²) in [5.41, 5.74) is 1.54. The maximum atomic E-state index is 13.4. The highest BCUT2D eigenvalue weighted by atomic mass is 32.2. The molecule has 2 saturated heterocycles. The highest BCUT2D eigenvalue weighted by molar-refractivity contribution is 7.92. The standard InChI is InChI=1S/C35H44F2N4O6S/c1-24-21-27(31(42)40-15-11-33(3,44)12-16-40)22-25(2)29(24)9-20-48(45,46)41-17-13-35(14-18-41)32(43)38-30(39-35)26-7-5-8-28(23-26)47-19-6-10-34(4,36)37/h5,7-9,20-23,44H,6,10-19H2,1-4H3,(H,38,39,43)/b20-9+. The highest BCUT2D eigenvalue weighted by Crippen LogP contribution is 2.33. The number of carbonyl (C=O) groups excluding carboxylic acids is 2. The highest BCUT2D eigenvalue weighted by Gasteiger charge is 2.47. The van der Waals surface area contributed by atoms with Crippen molar-refractivity contribution in [2.75, 3.05) is 32.8 Å². The molecule has 0 atom stereocenters. The molecule has 260 valence electrons. The molecule has 5 rings (SSSR count). The third-order valence-corrected chi connectivity index (χ3v) is 11.0. The fraction of sp³-hybridized carbons (Fsp3) is 0.514. The van der Waals surface area contributed by atoms with Crippen molar-refractivity contribution in [3.63, 3.8) is 0 Å². The van der Waals surface area contributed by atoms with E-state index in [-0.39, 0.29) is 57.2 Å². The van der Waals surface area contributed by atoms with Crippen LogP contribution in [0.25, 0.3) is 6.08 Å². The van der Waals surface area contributed by atoms with Crippen LogP contribution in [-0.4, -0.2) is 90.2 Å². The zero-order chi connectivity index (χ0) is 34.9. The quantitative estimate of drug-likeness (QED) is 0.345. The van der Waals surface area contributed by atoms with Gasteiger partial charge in [-0.15, -0.1) is 0 Å². The van der Waals surface area contributed by atoms with Crippen molar-refractivity contribution < 1.29 is 36.6 Å². The lowest BCUT2D eigenvalue weighted by molar-refractivity contribution is -0.124. The molecule has 0 unspecified atom stereocenters. The van der Waals surface area contributed by atoms with Crippen LogP contribution in [0.15, 0.2) is 46.8 Å². The predicted molar refractivity (Wildman–Crippen MR) is 180 cm³/mol. The number of hydrogen-bond acceptors (Lipinski definition) is 7. The number of sulfonamides is 1. The maximum absolute atomic E-state index is 13.4. The average Bonchev–Trinajstić information content (AvgIpc) is 3.33. The van der Waals surface area contributed by atoms with Crippen molar-refractivity contribution in [3.8, 4) is 5.75 Å². The van der Waals surface area contributed by atoms with Crippen LogP contribution in [-0.2, 0) is 14.8 Å². The van der Waals surface area contributed by atoms with Gasteiger partial charge in [-0.1, -0.05) is 12.1 Å². The van der Waals surface area contributed by atoms with Crippen LogP contribution >= 0.6 is 0 Å². The van der Waals surface area contributed by atoms with E-state index in [0.29, 0.717) is 54.2 Å². The number of nitrogens with zero attached hydrogens (tertiary/aromatic N) is 3. The van der Waals surface area contributed by atoms with E-state index in [9.17, 15) is 31.9 Å². The number of benzene rings is 2. The Hall–Kier alpha value is -3.68. The van der Waals surface area contributed by atoms with Crippen LogP contribution in [0.3, 0.4) is 0 Å². The molecule has 2 amide bonds. The summed E-state index contributed by atoms with van der Waals surface area (Å²) in [4.78, 5) is 32.7. The number of aliphatic hydroxyl groups is 1. The second kappa shape index (κ2) is 13.7. The molecule has 3 aliphatic heterocycles. The van der Waals surface area contributed by atoms with Gasteiger partial charge in [-0.3, -0.25) is 14.6 Å². The minimum Gasteiger partial charge on any atom is -0.494 e. The molecule has 0 bridgehead atoms. The van der Waals surface area contributed by atoms with Crippen LogP contribution in [0.1, 0.15) is 85.0 Å². The minimum absolute atomic E-state index is 0.107. The smallest absolute Gasteiger partial charge is 0.253 e. The second-order valence-electron chi connectivity index (χ2n) is 13.6. The summed E-state index contributed by atoms with van der Waals surface area (Å²) in [6.07, 6.45) is 2.92. The first kappa shape index (κ1) is 35.6. The molecule has 2 fully saturated rings. The number of likely N-dealkylation sites (tertiary alicyclic amines) is 1. The molecule has 0 aromatic heterocycles. The average molecular weight is 687 g/mol. The molecule has 3 heterocycles. The van der Waals surface area contributed by atoms with Gasteiger partial charge in [0.05, 0.1) is 12.2 Å². The van der Waals surface area contributed by atoms with Gasteiger partial charge in [-0.05, 0) is 107 Å². The largest absolute Gasteiger partial charge is 0.494 e. The molecular formula is C35H44F2N4O6S. The second-order valence-corrected chi connectivity index (χ2v) is 15.4. The number of aliphatic imine (C=N–C) groups is 1. The number of halogens is 2. The molecule has 48 heavy (non-hydrogen) atoms. The monoisotopic (exact) mass is 686 g/mol. The van der Waals surface area contributed by atoms with Crippen LogP contribution in [0, 0.1) is 13.8 Å². The lowest BCUT2D eigenvalue weighted by atomic mass is 9.89. The summed E-state index contributed by atoms with van der Waals surface area (Å²) in [7, 11) is -3.81. The normalized spacial score (nSPS) is 19.9. The number of rotatable bonds is 10. The summed E-state index contributed by atoms with van der Waals surface area (Å²) < 4.78 is 59.9. The molecule has 2 aromatic rings. The number of hydrogen-bond donors (Lipinski definition) is 2. The lowest BCUT2D eigenvalue weighted by Gasteiger charge is -2.36. The van der Waals surface area contributed by atoms with Crippen LogP contribution in [0.4, 0.5) is 8.78 Å². The molecular weight excluding hydrogens is 642 g/mol. The van der Waals surface area contributed by atoms with Gasteiger partial charge in [0.2, 0.25) is 15.9 Å². The van der Waals surface area contributed by atoms with Gasteiger partial charge in [-0.2, -0.15) is 4.31 Å². The Labute approximate surface area is 280 Å². The van der Waals surface area contributed by atoms with Gasteiger partial charge in [0.25, 0.3) is 11.8 Å². The van der Waals surface area contributed by atoms with E-state index in [4.69, 9.17) is 9.73 Å². The molecule has 10 nitrogen and oxygen atoms in total. The molecule has 1 spiro atoms. The molecule has 0 aliphatic carbocycles. The zero-order valence-corrected chi connectivity index (χ0v) is 28.7. The number of aryl methyl sites for hydroxylation is 2. The number of carbonyl (C=O) groups is 2. The lowest BCUT2D eigenvalue weighted by Crippen LogP contribution is -2.50. The van der Waals surface area contributed by atoms with Crippen molar-refractivity contribution >= 4 is 33.7 Å². The van der Waals surface area contributed by atoms with Gasteiger partial charge >= 0.3 is 0 Å². The Bertz CT molecular complexity index is 1690. The minimum atomic E-state index is -3.81. The number of amidine groups is 1. The summed E-state index contributed by atoms with van der Waals surface area (Å²) in [6.45, 7) is 7.63. The summed E-state index contributed by atoms with van der Waals surface area (Å²) in [5.74, 6) is -2.32. The number of alkyl halides is 2. The Morgan fingerprint density at radius 2 is 1.73 bits per heavy atom. The van der Waals surface area contributed by atoms with Crippen molar-refractivity contribution in [3.05, 3.63) is 69.6 Å². The Morgan fingerprint density at radius 1 is 1.08 bits per heavy atom. The van der Waals surface area contributed by atoms with Crippen molar-refractivity contribution in [1.82, 2.24) is 14.5 Å². The van der Waals surface area contributed by atoms with Gasteiger partial charge in [0, 0.05) is 49.1 Å². The molecule has 2 aromatic carbocycles. The Balaban J connectivity index is 1.21. The van der Waals surface area contributed by atoms with E-state index < -0.39 is 27.1 Å². The van der Waals surface area contributed by atoms with E-state index >= 15 is 0 Å². The summed E-state index contributed by atoms with van der Waals surface area (Å²) in [5, 5.41) is 14.2. The molecule has 0 saturated carbocycles. The van der Waals surface area contributed by atoms with Gasteiger partial charge in [0.15, 0.2) is 0 Å². The van der Waals surface area contributed by atoms with E-state index in [2.05, 4.69) is 5.32 Å². The Kier molecular flexibility index (Phi) is 10.1. The SMILES string of the molecule is Cc1cc(C(=O)N2CCC(C)(O)CC2)cc(C)c1/C=C/S(=O)(=O)N1CCC2(CC1)N=C(c1cccc(OCCCC(C)(F)F)c1)NC2=O. The Morgan fingerprint density at radius 3 is 2.35 bits per heavy atom. The first-order valence-corrected chi connectivity index (χ1v) is 17.8. The maximum Gasteiger partial charge on any atom is 0.253 e. The van der Waals surface area contributed by atoms with Crippen molar-refractivity contribution in [2.45, 2.75) is 83.3 Å². The molecule has 3 aliphatic rings. The predicted octanol–water partition coefficient (Wildman–Crippen LogP) is 4.82. The molecule has 0 radical (unpaired) electrons. The number of ether oxygens (including phenoxy) is 1. The summed E-state index contributed by atoms with van der Waals surface area (Å²) >= 11 is 0. The fourth-order valence-corrected chi connectivity index (χ4v) is 7.56. The topological polar surface area (TPSA) is 129 Å². The first-order chi connectivity index (χ1) is 22.5. The van der Waals surface area contributed by atoms with Gasteiger partial charge in [0.1, 0.15) is 17.1 Å². The molecule has 13 heteroatoms.